The van der Waals surface area contributed by atoms with Crippen LogP contribution >= 0.6 is 0 Å². The molecule has 2 aliphatic rings. The largest absolute Gasteiger partial charge is 0.497 e. The van der Waals surface area contributed by atoms with E-state index in [0.29, 0.717) is 18.4 Å². The van der Waals surface area contributed by atoms with Crippen LogP contribution in [0.1, 0.15) is 56.7 Å². The average molecular weight is 510 g/mol. The van der Waals surface area contributed by atoms with Gasteiger partial charge < -0.3 is 15.0 Å². The molecule has 0 saturated heterocycles. The number of methoxy groups -OCH3 is 1. The normalized spacial score (nSPS) is 18.7. The topological polar surface area (TPSA) is 61.9 Å². The van der Waals surface area contributed by atoms with Crippen molar-refractivity contribution in [3.05, 3.63) is 95.2 Å². The number of allylic oxidation sites excluding steroid dienone is 1. The molecule has 0 saturated carbocycles. The van der Waals surface area contributed by atoms with Gasteiger partial charge in [0.2, 0.25) is 5.91 Å². The third kappa shape index (κ3) is 4.67. The molecule has 1 aliphatic carbocycles. The first-order chi connectivity index (χ1) is 18.4. The minimum atomic E-state index is -0.525. The number of benzene rings is 3. The number of Topliss-reactive ketones (excluding diaryl/α,β-unsaturated/α-hetero) is 1. The van der Waals surface area contributed by atoms with Gasteiger partial charge in [-0.05, 0) is 73.7 Å². The van der Waals surface area contributed by atoms with E-state index in [1.807, 2.05) is 48.5 Å². The predicted molar refractivity (Wildman–Crippen MR) is 153 cm³/mol. The number of nitrogens with one attached hydrogen (secondary N) is 1. The smallest absolute Gasteiger partial charge is 0.224 e. The zero-order valence-electron chi connectivity index (χ0n) is 22.5. The Morgan fingerprint density at radius 2 is 1.61 bits per heavy atom. The van der Waals surface area contributed by atoms with Crippen molar-refractivity contribution in [1.29, 1.82) is 0 Å². The van der Waals surface area contributed by atoms with E-state index in [1.54, 1.807) is 18.9 Å². The van der Waals surface area contributed by atoms with Gasteiger partial charge in [-0.3, -0.25) is 14.5 Å². The van der Waals surface area contributed by atoms with E-state index in [-0.39, 0.29) is 17.6 Å². The molecule has 1 N–H and O–H groups in total. The Labute approximate surface area is 224 Å². The molecule has 0 aromatic heterocycles. The third-order valence-electron chi connectivity index (χ3n) is 7.75. The van der Waals surface area contributed by atoms with Crippen LogP contribution in [0.15, 0.2) is 84.1 Å². The second-order valence-electron chi connectivity index (χ2n) is 9.89. The molecule has 0 radical (unpaired) electrons. The molecule has 3 aromatic rings. The fraction of sp³-hybridized carbons (Fsp3) is 0.312. The van der Waals surface area contributed by atoms with Gasteiger partial charge in [0.25, 0.3) is 0 Å². The second kappa shape index (κ2) is 10.7. The van der Waals surface area contributed by atoms with Gasteiger partial charge in [-0.25, -0.2) is 0 Å². The molecule has 6 nitrogen and oxygen atoms in total. The molecule has 3 aromatic carbocycles. The van der Waals surface area contributed by atoms with Crippen molar-refractivity contribution in [1.82, 2.24) is 0 Å². The lowest BCUT2D eigenvalue weighted by Gasteiger charge is -2.34. The maximum Gasteiger partial charge on any atom is 0.224 e. The van der Waals surface area contributed by atoms with Gasteiger partial charge in [-0.15, -0.1) is 0 Å². The molecular weight excluding hydrogens is 474 g/mol. The Balaban J connectivity index is 1.59. The number of rotatable bonds is 6. The maximum atomic E-state index is 14.0. The van der Waals surface area contributed by atoms with Gasteiger partial charge in [0.05, 0.1) is 24.5 Å². The highest BCUT2D eigenvalue weighted by Crippen LogP contribution is 2.47. The van der Waals surface area contributed by atoms with Crippen molar-refractivity contribution in [2.75, 3.05) is 35.3 Å². The van der Waals surface area contributed by atoms with Crippen LogP contribution in [0.2, 0.25) is 0 Å². The van der Waals surface area contributed by atoms with E-state index in [9.17, 15) is 9.59 Å². The van der Waals surface area contributed by atoms with Gasteiger partial charge in [0.1, 0.15) is 5.75 Å². The van der Waals surface area contributed by atoms with Crippen LogP contribution in [0.25, 0.3) is 0 Å². The Bertz CT molecular complexity index is 1360. The van der Waals surface area contributed by atoms with Crippen molar-refractivity contribution in [3.63, 3.8) is 0 Å². The van der Waals surface area contributed by atoms with Crippen LogP contribution in [-0.2, 0) is 9.59 Å². The minimum absolute atomic E-state index is 0.0621. The van der Waals surface area contributed by atoms with Crippen LogP contribution < -0.4 is 19.9 Å². The highest BCUT2D eigenvalue weighted by molar-refractivity contribution is 6.06. The van der Waals surface area contributed by atoms with Gasteiger partial charge in [0.15, 0.2) is 5.78 Å². The van der Waals surface area contributed by atoms with Crippen LogP contribution in [-0.4, -0.2) is 31.9 Å². The summed E-state index contributed by atoms with van der Waals surface area (Å²) in [5.41, 5.74) is 6.37. The van der Waals surface area contributed by atoms with E-state index in [1.165, 1.54) is 5.69 Å². The number of ether oxygens (including phenoxy) is 1. The molecular formula is C32H35N3O3. The highest BCUT2D eigenvalue weighted by Gasteiger charge is 2.40. The lowest BCUT2D eigenvalue weighted by molar-refractivity contribution is -0.117. The standard InChI is InChI=1S/C32H35N3O3/c1-5-34(6-2)25-15-11-22(12-16-25)24-19-28-31(30(37)20-24)32(23-13-17-26(38-4)18-14-23)35(21(3)36)29-10-8-7-9-27(29)33-28/h7-18,24,32-33H,5-6,19-20H2,1-4H3/t24-,32+/m0/s1. The van der Waals surface area contributed by atoms with Crippen molar-refractivity contribution in [2.24, 2.45) is 0 Å². The number of carbonyl (C=O) groups excluding carboxylic acids is 2. The predicted octanol–water partition coefficient (Wildman–Crippen LogP) is 6.46. The molecule has 0 unspecified atom stereocenters. The molecule has 0 spiro atoms. The lowest BCUT2D eigenvalue weighted by Crippen LogP contribution is -2.37. The molecule has 196 valence electrons. The quantitative estimate of drug-likeness (QED) is 0.413. The number of hydrogen-bond donors (Lipinski definition) is 1. The molecule has 1 amide bonds. The Kier molecular flexibility index (Phi) is 7.23. The lowest BCUT2D eigenvalue weighted by atomic mass is 9.78. The first-order valence-electron chi connectivity index (χ1n) is 13.4. The number of para-hydroxylation sites is 2. The van der Waals surface area contributed by atoms with Crippen LogP contribution in [0.5, 0.6) is 5.75 Å². The van der Waals surface area contributed by atoms with Crippen LogP contribution in [0.3, 0.4) is 0 Å². The summed E-state index contributed by atoms with van der Waals surface area (Å²) in [6, 6.07) is 23.5. The summed E-state index contributed by atoms with van der Waals surface area (Å²) in [6.45, 7) is 7.79. The summed E-state index contributed by atoms with van der Waals surface area (Å²) >= 11 is 0. The molecule has 0 bridgehead atoms. The van der Waals surface area contributed by atoms with Crippen molar-refractivity contribution >= 4 is 28.8 Å². The summed E-state index contributed by atoms with van der Waals surface area (Å²) in [5.74, 6) is 0.743. The first kappa shape index (κ1) is 25.6. The molecule has 38 heavy (non-hydrogen) atoms. The van der Waals surface area contributed by atoms with Gasteiger partial charge in [-0.1, -0.05) is 36.4 Å². The minimum Gasteiger partial charge on any atom is -0.497 e. The van der Waals surface area contributed by atoms with Gasteiger partial charge >= 0.3 is 0 Å². The summed E-state index contributed by atoms with van der Waals surface area (Å²) in [7, 11) is 1.63. The number of amides is 1. The van der Waals surface area contributed by atoms with E-state index in [4.69, 9.17) is 4.74 Å². The van der Waals surface area contributed by atoms with Gasteiger partial charge in [-0.2, -0.15) is 0 Å². The maximum absolute atomic E-state index is 14.0. The summed E-state index contributed by atoms with van der Waals surface area (Å²) < 4.78 is 5.37. The molecule has 1 aliphatic heterocycles. The zero-order valence-corrected chi connectivity index (χ0v) is 22.5. The fourth-order valence-corrected chi connectivity index (χ4v) is 5.82. The molecule has 6 heteroatoms. The SMILES string of the molecule is CCN(CC)c1ccc([C@@H]2CC(=O)C3=C(C2)Nc2ccccc2N(C(C)=O)[C@@H]3c2ccc(OC)cc2)cc1. The number of hydrogen-bond acceptors (Lipinski definition) is 5. The van der Waals surface area contributed by atoms with E-state index >= 15 is 0 Å². The third-order valence-corrected chi connectivity index (χ3v) is 7.75. The van der Waals surface area contributed by atoms with E-state index in [0.717, 1.165) is 47.0 Å². The molecule has 0 fully saturated rings. The Morgan fingerprint density at radius 3 is 2.24 bits per heavy atom. The number of ketones is 1. The van der Waals surface area contributed by atoms with Crippen molar-refractivity contribution in [2.45, 2.75) is 45.6 Å². The van der Waals surface area contributed by atoms with Crippen LogP contribution in [0.4, 0.5) is 17.1 Å². The number of carbonyl (C=O) groups is 2. The summed E-state index contributed by atoms with van der Waals surface area (Å²) in [5, 5.41) is 3.58. The number of fused-ring (bicyclic) bond motifs is 1. The fourth-order valence-electron chi connectivity index (χ4n) is 5.82. The Morgan fingerprint density at radius 1 is 0.947 bits per heavy atom. The summed E-state index contributed by atoms with van der Waals surface area (Å²) in [6.07, 6.45) is 1.10. The first-order valence-corrected chi connectivity index (χ1v) is 13.4. The molecule has 2 atom stereocenters. The zero-order chi connectivity index (χ0) is 26.8. The monoisotopic (exact) mass is 509 g/mol. The summed E-state index contributed by atoms with van der Waals surface area (Å²) in [4.78, 5) is 31.2. The Hall–Kier alpha value is -4.06. The highest BCUT2D eigenvalue weighted by atomic mass is 16.5. The average Bonchev–Trinajstić information content (AvgIpc) is 3.09. The van der Waals surface area contributed by atoms with Gasteiger partial charge in [0, 0.05) is 43.4 Å². The van der Waals surface area contributed by atoms with Crippen molar-refractivity contribution < 1.29 is 14.3 Å². The van der Waals surface area contributed by atoms with E-state index in [2.05, 4.69) is 48.3 Å². The molecule has 1 heterocycles. The molecule has 5 rings (SSSR count). The van der Waals surface area contributed by atoms with Crippen molar-refractivity contribution in [3.8, 4) is 5.75 Å². The second-order valence-corrected chi connectivity index (χ2v) is 9.89. The number of anilines is 3. The van der Waals surface area contributed by atoms with Crippen LogP contribution in [0, 0.1) is 0 Å². The van der Waals surface area contributed by atoms with E-state index < -0.39 is 6.04 Å². The number of nitrogens with zero attached hydrogens (tertiary/aromatic N) is 2.